The number of carbonyl (C=O) groups excluding carboxylic acids is 2. The lowest BCUT2D eigenvalue weighted by Crippen LogP contribution is -2.49. The van der Waals surface area contributed by atoms with Crippen molar-refractivity contribution in [3.05, 3.63) is 56.5 Å². The van der Waals surface area contributed by atoms with E-state index in [1.807, 2.05) is 19.1 Å². The number of nitrogens with one attached hydrogen (secondary N) is 3. The number of benzene rings is 2. The van der Waals surface area contributed by atoms with Crippen LogP contribution in [-0.4, -0.2) is 30.1 Å². The van der Waals surface area contributed by atoms with E-state index in [1.54, 1.807) is 24.3 Å². The Morgan fingerprint density at radius 3 is 2.35 bits per heavy atom. The van der Waals surface area contributed by atoms with Crippen molar-refractivity contribution >= 4 is 61.0 Å². The molecule has 0 fully saturated rings. The zero-order valence-corrected chi connectivity index (χ0v) is 21.1. The fourth-order valence-electron chi connectivity index (χ4n) is 2.41. The van der Waals surface area contributed by atoms with Crippen molar-refractivity contribution in [3.8, 4) is 11.5 Å². The molecular weight excluding hydrogens is 550 g/mol. The second kappa shape index (κ2) is 12.6. The summed E-state index contributed by atoms with van der Waals surface area (Å²) in [4.78, 5) is 24.6. The van der Waals surface area contributed by atoms with Crippen molar-refractivity contribution in [3.63, 3.8) is 0 Å². The molecule has 2 aromatic carbocycles. The van der Waals surface area contributed by atoms with E-state index < -0.39 is 11.8 Å². The summed E-state index contributed by atoms with van der Waals surface area (Å²) in [5.74, 6) is 0.144. The lowest BCUT2D eigenvalue weighted by atomic mass is 10.2. The first kappa shape index (κ1) is 25.1. The van der Waals surface area contributed by atoms with Gasteiger partial charge < -0.3 is 9.47 Å². The van der Waals surface area contributed by atoms with Crippen LogP contribution in [0, 0.1) is 6.92 Å². The largest absolute Gasteiger partial charge is 0.493 e. The van der Waals surface area contributed by atoms with Gasteiger partial charge in [0, 0.05) is 8.95 Å². The van der Waals surface area contributed by atoms with Crippen LogP contribution in [0.5, 0.6) is 11.5 Å². The normalized spacial score (nSPS) is 10.2. The number of aryl methyl sites for hydroxylation is 1. The Hall–Kier alpha value is -2.17. The number of hydrogen-bond acceptors (Lipinski definition) is 5. The highest BCUT2D eigenvalue weighted by Gasteiger charge is 2.15. The van der Waals surface area contributed by atoms with E-state index in [9.17, 15) is 9.59 Å². The molecule has 0 bridgehead atoms. The minimum Gasteiger partial charge on any atom is -0.493 e. The van der Waals surface area contributed by atoms with E-state index in [4.69, 9.17) is 21.7 Å². The Bertz CT molecular complexity index is 956. The van der Waals surface area contributed by atoms with Gasteiger partial charge in [0.2, 0.25) is 0 Å². The summed E-state index contributed by atoms with van der Waals surface area (Å²) in [5.41, 5.74) is 6.10. The van der Waals surface area contributed by atoms with E-state index in [-0.39, 0.29) is 11.7 Å². The number of amides is 2. The molecule has 10 heteroatoms. The van der Waals surface area contributed by atoms with Crippen molar-refractivity contribution in [1.29, 1.82) is 0 Å². The molecule has 0 heterocycles. The Labute approximate surface area is 203 Å². The van der Waals surface area contributed by atoms with Gasteiger partial charge in [-0.3, -0.25) is 25.8 Å². The number of carbonyl (C=O) groups is 2. The number of unbranched alkanes of at least 4 members (excludes halogenated alkanes) is 1. The van der Waals surface area contributed by atoms with Gasteiger partial charge in [-0.05, 0) is 67.5 Å². The van der Waals surface area contributed by atoms with Gasteiger partial charge in [0.05, 0.1) is 12.2 Å². The van der Waals surface area contributed by atoms with Gasteiger partial charge in [-0.15, -0.1) is 0 Å². The summed E-state index contributed by atoms with van der Waals surface area (Å²) in [5, 5.41) is 2.46. The number of hydrazine groups is 1. The zero-order valence-electron chi connectivity index (χ0n) is 17.1. The van der Waals surface area contributed by atoms with E-state index >= 15 is 0 Å². The zero-order chi connectivity index (χ0) is 22.8. The van der Waals surface area contributed by atoms with E-state index in [2.05, 4.69) is 55.0 Å². The molecule has 0 atom stereocenters. The number of ether oxygens (including phenoxy) is 2. The van der Waals surface area contributed by atoms with Gasteiger partial charge in [-0.25, -0.2) is 0 Å². The summed E-state index contributed by atoms with van der Waals surface area (Å²) in [6.07, 6.45) is 1.86. The van der Waals surface area contributed by atoms with Crippen LogP contribution in [0.3, 0.4) is 0 Å². The molecule has 2 amide bonds. The monoisotopic (exact) mass is 571 g/mol. The third-order valence-corrected chi connectivity index (χ3v) is 5.17. The highest BCUT2D eigenvalue weighted by atomic mass is 79.9. The van der Waals surface area contributed by atoms with Crippen LogP contribution < -0.4 is 25.6 Å². The summed E-state index contributed by atoms with van der Waals surface area (Å²) in [7, 11) is 0. The maximum absolute atomic E-state index is 12.6. The molecule has 0 aliphatic carbocycles. The first-order valence-corrected chi connectivity index (χ1v) is 11.5. The maximum Gasteiger partial charge on any atom is 0.276 e. The van der Waals surface area contributed by atoms with Gasteiger partial charge in [-0.1, -0.05) is 45.2 Å². The summed E-state index contributed by atoms with van der Waals surface area (Å²) in [6, 6.07) is 10.6. The van der Waals surface area contributed by atoms with Gasteiger partial charge in [0.15, 0.2) is 11.7 Å². The Balaban J connectivity index is 1.84. The van der Waals surface area contributed by atoms with Crippen LogP contribution in [0.15, 0.2) is 45.3 Å². The van der Waals surface area contributed by atoms with Gasteiger partial charge in [0.25, 0.3) is 11.8 Å². The summed E-state index contributed by atoms with van der Waals surface area (Å²) >= 11 is 11.8. The highest BCUT2D eigenvalue weighted by Crippen LogP contribution is 2.24. The molecular formula is C21H23Br2N3O4S. The number of hydrogen-bond donors (Lipinski definition) is 3. The molecule has 0 saturated carbocycles. The Kier molecular flexibility index (Phi) is 10.2. The third kappa shape index (κ3) is 8.47. The van der Waals surface area contributed by atoms with Crippen LogP contribution in [0.4, 0.5) is 0 Å². The molecule has 2 rings (SSSR count). The van der Waals surface area contributed by atoms with E-state index in [1.165, 1.54) is 0 Å². The fraction of sp³-hybridized carbons (Fsp3) is 0.286. The first-order valence-electron chi connectivity index (χ1n) is 9.51. The molecule has 0 unspecified atom stereocenters. The highest BCUT2D eigenvalue weighted by molar-refractivity contribution is 9.10. The molecule has 0 aliphatic heterocycles. The van der Waals surface area contributed by atoms with E-state index in [0.29, 0.717) is 23.7 Å². The Morgan fingerprint density at radius 2 is 1.68 bits per heavy atom. The van der Waals surface area contributed by atoms with Crippen LogP contribution >= 0.6 is 44.1 Å². The lowest BCUT2D eigenvalue weighted by Gasteiger charge is -2.14. The minimum absolute atomic E-state index is 0.0577. The summed E-state index contributed by atoms with van der Waals surface area (Å²) < 4.78 is 12.8. The molecule has 2 aromatic rings. The minimum atomic E-state index is -0.457. The molecule has 0 radical (unpaired) electrons. The van der Waals surface area contributed by atoms with E-state index in [0.717, 1.165) is 27.4 Å². The van der Waals surface area contributed by atoms with Crippen LogP contribution in [-0.2, 0) is 4.79 Å². The van der Waals surface area contributed by atoms with Crippen molar-refractivity contribution in [2.24, 2.45) is 0 Å². The van der Waals surface area contributed by atoms with Crippen LogP contribution in [0.25, 0.3) is 0 Å². The molecule has 0 spiro atoms. The topological polar surface area (TPSA) is 88.7 Å². The standard InChI is InChI=1S/C21H23Br2N3O4S/c1-3-4-9-29-18-8-6-15(23)11-16(18)20(28)24-21(31)26-25-19(27)12-30-17-7-5-14(22)10-13(17)2/h5-8,10-11H,3-4,9,12H2,1-2H3,(H,25,27)(H2,24,26,28,31). The molecule has 0 saturated heterocycles. The van der Waals surface area contributed by atoms with Gasteiger partial charge in [-0.2, -0.15) is 0 Å². The molecule has 0 aromatic heterocycles. The lowest BCUT2D eigenvalue weighted by molar-refractivity contribution is -0.123. The molecule has 166 valence electrons. The van der Waals surface area contributed by atoms with Crippen LogP contribution in [0.1, 0.15) is 35.7 Å². The molecule has 3 N–H and O–H groups in total. The Morgan fingerprint density at radius 1 is 1.00 bits per heavy atom. The van der Waals surface area contributed by atoms with Crippen molar-refractivity contribution in [1.82, 2.24) is 16.2 Å². The second-order valence-electron chi connectivity index (χ2n) is 6.50. The maximum atomic E-state index is 12.6. The molecule has 31 heavy (non-hydrogen) atoms. The van der Waals surface area contributed by atoms with Crippen LogP contribution in [0.2, 0.25) is 0 Å². The fourth-order valence-corrected chi connectivity index (χ4v) is 3.39. The quantitative estimate of drug-likeness (QED) is 0.247. The van der Waals surface area contributed by atoms with Gasteiger partial charge >= 0.3 is 0 Å². The van der Waals surface area contributed by atoms with Crippen molar-refractivity contribution < 1.29 is 19.1 Å². The van der Waals surface area contributed by atoms with Crippen molar-refractivity contribution in [2.45, 2.75) is 26.7 Å². The SMILES string of the molecule is CCCCOc1ccc(Br)cc1C(=O)NC(=S)NNC(=O)COc1ccc(Br)cc1C. The first-order chi connectivity index (χ1) is 14.8. The predicted molar refractivity (Wildman–Crippen MR) is 130 cm³/mol. The predicted octanol–water partition coefficient (Wildman–Crippen LogP) is 4.41. The number of thiocarbonyl (C=S) groups is 1. The number of rotatable bonds is 8. The smallest absolute Gasteiger partial charge is 0.276 e. The average Bonchev–Trinajstić information content (AvgIpc) is 2.72. The van der Waals surface area contributed by atoms with Crippen molar-refractivity contribution in [2.75, 3.05) is 13.2 Å². The average molecular weight is 573 g/mol. The van der Waals surface area contributed by atoms with Gasteiger partial charge in [0.1, 0.15) is 11.5 Å². The second-order valence-corrected chi connectivity index (χ2v) is 8.74. The third-order valence-electron chi connectivity index (χ3n) is 3.98. The number of halogens is 2. The molecule has 0 aliphatic rings. The summed E-state index contributed by atoms with van der Waals surface area (Å²) in [6.45, 7) is 4.23. The molecule has 7 nitrogen and oxygen atoms in total.